The molecule has 0 unspecified atom stereocenters. The van der Waals surface area contributed by atoms with Crippen LogP contribution in [0.25, 0.3) is 0 Å². The number of nitrogens with zero attached hydrogens (tertiary/aromatic N) is 2. The topological polar surface area (TPSA) is 51.8 Å². The summed E-state index contributed by atoms with van der Waals surface area (Å²) in [6.45, 7) is 2.46. The van der Waals surface area contributed by atoms with E-state index in [2.05, 4.69) is 16.0 Å². The van der Waals surface area contributed by atoms with Gasteiger partial charge in [-0.3, -0.25) is 0 Å². The predicted octanol–water partition coefficient (Wildman–Crippen LogP) is 2.37. The molecule has 0 atom stereocenters. The monoisotopic (exact) mass is 219 g/mol. The SMILES string of the molecule is Cc1nc(CN)cc(CC2CCCCC2)n1. The highest BCUT2D eigenvalue weighted by molar-refractivity contribution is 5.11. The second-order valence-electron chi connectivity index (χ2n) is 4.81. The molecule has 2 rings (SSSR count). The molecule has 1 aliphatic carbocycles. The average molecular weight is 219 g/mol. The first-order chi connectivity index (χ1) is 7.78. The van der Waals surface area contributed by atoms with Crippen LogP contribution in [0.1, 0.15) is 49.3 Å². The predicted molar refractivity (Wildman–Crippen MR) is 64.9 cm³/mol. The fourth-order valence-electron chi connectivity index (χ4n) is 2.59. The Labute approximate surface area is 97.5 Å². The molecule has 3 nitrogen and oxygen atoms in total. The van der Waals surface area contributed by atoms with Gasteiger partial charge in [-0.25, -0.2) is 9.97 Å². The van der Waals surface area contributed by atoms with Crippen molar-refractivity contribution in [2.45, 2.75) is 52.0 Å². The van der Waals surface area contributed by atoms with Crippen LogP contribution in [0.4, 0.5) is 0 Å². The molecule has 0 aromatic carbocycles. The van der Waals surface area contributed by atoms with Gasteiger partial charge in [0.15, 0.2) is 0 Å². The smallest absolute Gasteiger partial charge is 0.125 e. The Balaban J connectivity index is 2.04. The first-order valence-corrected chi connectivity index (χ1v) is 6.31. The molecule has 1 aromatic rings. The minimum Gasteiger partial charge on any atom is -0.325 e. The van der Waals surface area contributed by atoms with Gasteiger partial charge in [0.1, 0.15) is 5.82 Å². The lowest BCUT2D eigenvalue weighted by Crippen LogP contribution is -2.12. The van der Waals surface area contributed by atoms with E-state index in [1.165, 1.54) is 37.8 Å². The molecule has 0 bridgehead atoms. The Bertz CT molecular complexity index is 343. The van der Waals surface area contributed by atoms with E-state index in [-0.39, 0.29) is 0 Å². The zero-order chi connectivity index (χ0) is 11.4. The van der Waals surface area contributed by atoms with Gasteiger partial charge in [-0.15, -0.1) is 0 Å². The van der Waals surface area contributed by atoms with Crippen molar-refractivity contribution in [3.05, 3.63) is 23.3 Å². The molecule has 0 radical (unpaired) electrons. The van der Waals surface area contributed by atoms with Crippen LogP contribution in [-0.2, 0) is 13.0 Å². The summed E-state index contributed by atoms with van der Waals surface area (Å²) in [5, 5.41) is 0. The molecular formula is C13H21N3. The van der Waals surface area contributed by atoms with Gasteiger partial charge in [0, 0.05) is 12.2 Å². The molecular weight excluding hydrogens is 198 g/mol. The van der Waals surface area contributed by atoms with Crippen LogP contribution in [0.5, 0.6) is 0 Å². The van der Waals surface area contributed by atoms with Gasteiger partial charge >= 0.3 is 0 Å². The first-order valence-electron chi connectivity index (χ1n) is 6.31. The first kappa shape index (κ1) is 11.5. The summed E-state index contributed by atoms with van der Waals surface area (Å²) in [4.78, 5) is 8.82. The van der Waals surface area contributed by atoms with E-state index in [1.54, 1.807) is 0 Å². The number of hydrogen-bond acceptors (Lipinski definition) is 3. The van der Waals surface area contributed by atoms with Crippen LogP contribution in [0.3, 0.4) is 0 Å². The van der Waals surface area contributed by atoms with E-state index in [0.717, 1.165) is 23.9 Å². The van der Waals surface area contributed by atoms with E-state index < -0.39 is 0 Å². The molecule has 1 saturated carbocycles. The molecule has 1 aromatic heterocycles. The second kappa shape index (κ2) is 5.39. The van der Waals surface area contributed by atoms with E-state index in [4.69, 9.17) is 5.73 Å². The zero-order valence-corrected chi connectivity index (χ0v) is 10.1. The van der Waals surface area contributed by atoms with Crippen molar-refractivity contribution in [2.24, 2.45) is 11.7 Å². The van der Waals surface area contributed by atoms with Crippen molar-refractivity contribution in [1.82, 2.24) is 9.97 Å². The van der Waals surface area contributed by atoms with Crippen LogP contribution in [0.2, 0.25) is 0 Å². The Morgan fingerprint density at radius 3 is 2.56 bits per heavy atom. The van der Waals surface area contributed by atoms with Gasteiger partial charge < -0.3 is 5.73 Å². The van der Waals surface area contributed by atoms with Crippen LogP contribution in [0.15, 0.2) is 6.07 Å². The zero-order valence-electron chi connectivity index (χ0n) is 10.1. The summed E-state index contributed by atoms with van der Waals surface area (Å²) in [5.74, 6) is 1.68. The Morgan fingerprint density at radius 1 is 1.19 bits per heavy atom. The van der Waals surface area contributed by atoms with Crippen molar-refractivity contribution in [3.8, 4) is 0 Å². The van der Waals surface area contributed by atoms with Crippen LogP contribution >= 0.6 is 0 Å². The van der Waals surface area contributed by atoms with E-state index >= 15 is 0 Å². The Hall–Kier alpha value is -0.960. The lowest BCUT2D eigenvalue weighted by Gasteiger charge is -2.21. The number of rotatable bonds is 3. The third kappa shape index (κ3) is 3.01. The molecule has 0 saturated heterocycles. The van der Waals surface area contributed by atoms with Gasteiger partial charge in [0.25, 0.3) is 0 Å². The quantitative estimate of drug-likeness (QED) is 0.849. The second-order valence-corrected chi connectivity index (χ2v) is 4.81. The van der Waals surface area contributed by atoms with Crippen LogP contribution in [0, 0.1) is 12.8 Å². The third-order valence-corrected chi connectivity index (χ3v) is 3.38. The minimum absolute atomic E-state index is 0.515. The van der Waals surface area contributed by atoms with Crippen LogP contribution in [-0.4, -0.2) is 9.97 Å². The minimum atomic E-state index is 0.515. The Kier molecular flexibility index (Phi) is 3.88. The van der Waals surface area contributed by atoms with Crippen molar-refractivity contribution in [1.29, 1.82) is 0 Å². The maximum absolute atomic E-state index is 5.63. The van der Waals surface area contributed by atoms with Crippen molar-refractivity contribution < 1.29 is 0 Å². The normalized spacial score (nSPS) is 17.6. The summed E-state index contributed by atoms with van der Waals surface area (Å²) in [5.41, 5.74) is 7.78. The van der Waals surface area contributed by atoms with Gasteiger partial charge in [0.2, 0.25) is 0 Å². The number of aromatic nitrogens is 2. The van der Waals surface area contributed by atoms with Gasteiger partial charge in [-0.1, -0.05) is 32.1 Å². The fraction of sp³-hybridized carbons (Fsp3) is 0.692. The highest BCUT2D eigenvalue weighted by atomic mass is 14.9. The molecule has 0 aliphatic heterocycles. The number of nitrogens with two attached hydrogens (primary N) is 1. The van der Waals surface area contributed by atoms with Gasteiger partial charge in [-0.05, 0) is 25.3 Å². The summed E-state index contributed by atoms with van der Waals surface area (Å²) in [7, 11) is 0. The summed E-state index contributed by atoms with van der Waals surface area (Å²) in [6.07, 6.45) is 8.02. The lowest BCUT2D eigenvalue weighted by atomic mass is 9.86. The number of hydrogen-bond donors (Lipinski definition) is 1. The van der Waals surface area contributed by atoms with E-state index in [9.17, 15) is 0 Å². The van der Waals surface area contributed by atoms with E-state index in [1.807, 2.05) is 6.92 Å². The summed E-state index contributed by atoms with van der Waals surface area (Å²) >= 11 is 0. The van der Waals surface area contributed by atoms with E-state index in [0.29, 0.717) is 6.54 Å². The average Bonchev–Trinajstić information content (AvgIpc) is 2.29. The largest absolute Gasteiger partial charge is 0.325 e. The van der Waals surface area contributed by atoms with Gasteiger partial charge in [-0.2, -0.15) is 0 Å². The molecule has 2 N–H and O–H groups in total. The lowest BCUT2D eigenvalue weighted by molar-refractivity contribution is 0.354. The fourth-order valence-corrected chi connectivity index (χ4v) is 2.59. The maximum Gasteiger partial charge on any atom is 0.125 e. The molecule has 1 aliphatic rings. The Morgan fingerprint density at radius 2 is 1.88 bits per heavy atom. The van der Waals surface area contributed by atoms with Crippen molar-refractivity contribution in [2.75, 3.05) is 0 Å². The molecule has 16 heavy (non-hydrogen) atoms. The maximum atomic E-state index is 5.63. The highest BCUT2D eigenvalue weighted by Crippen LogP contribution is 2.26. The molecule has 88 valence electrons. The number of aryl methyl sites for hydroxylation is 1. The third-order valence-electron chi connectivity index (χ3n) is 3.38. The molecule has 0 amide bonds. The molecule has 3 heteroatoms. The summed E-state index contributed by atoms with van der Waals surface area (Å²) in [6, 6.07) is 2.07. The molecule has 0 spiro atoms. The van der Waals surface area contributed by atoms with Crippen molar-refractivity contribution in [3.63, 3.8) is 0 Å². The summed E-state index contributed by atoms with van der Waals surface area (Å²) < 4.78 is 0. The molecule has 1 fully saturated rings. The highest BCUT2D eigenvalue weighted by Gasteiger charge is 2.15. The van der Waals surface area contributed by atoms with Crippen LogP contribution < -0.4 is 5.73 Å². The van der Waals surface area contributed by atoms with Crippen molar-refractivity contribution >= 4 is 0 Å². The molecule has 1 heterocycles. The van der Waals surface area contributed by atoms with Gasteiger partial charge in [0.05, 0.1) is 5.69 Å². The standard InChI is InChI=1S/C13H21N3/c1-10-15-12(8-13(9-14)16-10)7-11-5-3-2-4-6-11/h8,11H,2-7,9,14H2,1H3.